The van der Waals surface area contributed by atoms with E-state index in [0.29, 0.717) is 4.86 Å². The molecule has 56 valence electrons. The van der Waals surface area contributed by atoms with Crippen molar-refractivity contribution >= 4 is 0 Å². The quantitative estimate of drug-likeness (QED) is 0.192. The molecule has 0 fully saturated rings. The van der Waals surface area contributed by atoms with Crippen LogP contribution in [0, 0.1) is 5.21 Å². The molecule has 10 heavy (non-hydrogen) atoms. The first kappa shape index (κ1) is 8.51. The van der Waals surface area contributed by atoms with Crippen molar-refractivity contribution in [3.63, 3.8) is 0 Å². The molecule has 0 unspecified atom stereocenters. The molecule has 7 heteroatoms. The van der Waals surface area contributed by atoms with E-state index in [1.807, 2.05) is 0 Å². The molecule has 0 atom stereocenters. The Bertz CT molecular complexity index is 160. The topological polar surface area (TPSA) is 96.4 Å². The molecular formula is C3H7N5O2. The van der Waals surface area contributed by atoms with Crippen molar-refractivity contribution in [1.29, 1.82) is 0 Å². The van der Waals surface area contributed by atoms with Gasteiger partial charge in [-0.05, 0) is 5.53 Å². The van der Waals surface area contributed by atoms with Gasteiger partial charge in [-0.1, -0.05) is 9.97 Å². The Kier molecular flexibility index (Phi) is 4.80. The van der Waals surface area contributed by atoms with E-state index in [1.54, 1.807) is 0 Å². The largest absolute Gasteiger partial charge is 0.597 e. The van der Waals surface area contributed by atoms with E-state index in [4.69, 9.17) is 5.53 Å². The molecule has 0 saturated heterocycles. The van der Waals surface area contributed by atoms with Crippen molar-refractivity contribution in [2.45, 2.75) is 0 Å². The molecule has 0 aliphatic heterocycles. The van der Waals surface area contributed by atoms with Gasteiger partial charge in [-0.15, -0.1) is 0 Å². The van der Waals surface area contributed by atoms with Gasteiger partial charge >= 0.3 is 0 Å². The summed E-state index contributed by atoms with van der Waals surface area (Å²) in [5.41, 5.74) is 7.78. The lowest BCUT2D eigenvalue weighted by Crippen LogP contribution is -2.05. The summed E-state index contributed by atoms with van der Waals surface area (Å²) in [5, 5.41) is 16.5. The van der Waals surface area contributed by atoms with Gasteiger partial charge in [-0.2, -0.15) is 0 Å². The minimum absolute atomic E-state index is 0.0118. The zero-order valence-electron chi connectivity index (χ0n) is 5.47. The molecular weight excluding hydrogens is 138 g/mol. The Labute approximate surface area is 57.1 Å². The molecule has 0 saturated carbocycles. The fourth-order valence-corrected chi connectivity index (χ4v) is 0.307. The highest BCUT2D eigenvalue weighted by atomic mass is 16.7. The number of rotatable bonds is 4. The van der Waals surface area contributed by atoms with E-state index in [9.17, 15) is 5.21 Å². The molecule has 0 spiro atoms. The lowest BCUT2D eigenvalue weighted by Gasteiger charge is -1.93. The SMILES string of the molecule is CO/N=[N+](/[O-])CCN=[N+]=[N-]. The van der Waals surface area contributed by atoms with E-state index in [2.05, 4.69) is 20.1 Å². The van der Waals surface area contributed by atoms with Crippen LogP contribution in [0.5, 0.6) is 0 Å². The number of hydrogen-bond donors (Lipinski definition) is 0. The summed E-state index contributed by atoms with van der Waals surface area (Å²) < 4.78 is 0. The molecule has 0 rings (SSSR count). The van der Waals surface area contributed by atoms with Gasteiger partial charge in [0, 0.05) is 4.91 Å². The van der Waals surface area contributed by atoms with E-state index in [0.717, 1.165) is 0 Å². The highest BCUT2D eigenvalue weighted by Crippen LogP contribution is 1.78. The third kappa shape index (κ3) is 4.66. The van der Waals surface area contributed by atoms with E-state index >= 15 is 0 Å². The van der Waals surface area contributed by atoms with Gasteiger partial charge in [0.15, 0.2) is 11.8 Å². The number of hydrogen-bond acceptors (Lipinski definition) is 4. The lowest BCUT2D eigenvalue weighted by molar-refractivity contribution is -0.554. The van der Waals surface area contributed by atoms with E-state index in [-0.39, 0.29) is 13.1 Å². The predicted molar refractivity (Wildman–Crippen MR) is 31.9 cm³/mol. The standard InChI is InChI=1S/C3H7N5O2/c1-10-7-8(9)3-2-5-6-4/h2-3H2,1H3/b8-7+. The van der Waals surface area contributed by atoms with Crippen LogP contribution in [0.3, 0.4) is 0 Å². The van der Waals surface area contributed by atoms with Crippen molar-refractivity contribution in [3.05, 3.63) is 15.7 Å². The summed E-state index contributed by atoms with van der Waals surface area (Å²) in [5.74, 6) is 0. The smallest absolute Gasteiger partial charge is 0.199 e. The average molecular weight is 145 g/mol. The number of hydroxylamine groups is 1. The summed E-state index contributed by atoms with van der Waals surface area (Å²) in [6, 6.07) is 0. The number of nitrogens with zero attached hydrogens (tertiary/aromatic N) is 5. The Balaban J connectivity index is 3.48. The molecule has 0 aromatic rings. The van der Waals surface area contributed by atoms with Gasteiger partial charge in [0.25, 0.3) is 0 Å². The highest BCUT2D eigenvalue weighted by Gasteiger charge is 1.91. The lowest BCUT2D eigenvalue weighted by atomic mass is 10.7. The van der Waals surface area contributed by atoms with Gasteiger partial charge in [-0.25, -0.2) is 0 Å². The molecule has 7 nitrogen and oxygen atoms in total. The Morgan fingerprint density at radius 2 is 2.50 bits per heavy atom. The van der Waals surface area contributed by atoms with Gasteiger partial charge in [0.2, 0.25) is 0 Å². The van der Waals surface area contributed by atoms with Crippen molar-refractivity contribution in [2.24, 2.45) is 10.4 Å². The van der Waals surface area contributed by atoms with Crippen molar-refractivity contribution in [3.8, 4) is 0 Å². The maximum atomic E-state index is 10.4. The molecule has 0 aliphatic carbocycles. The molecule has 0 aromatic heterocycles. The second-order valence-corrected chi connectivity index (χ2v) is 1.29. The summed E-state index contributed by atoms with van der Waals surface area (Å²) in [6.07, 6.45) is 0. The number of azide groups is 1. The maximum absolute atomic E-state index is 10.4. The first-order valence-corrected chi connectivity index (χ1v) is 2.51. The van der Waals surface area contributed by atoms with Crippen LogP contribution in [-0.2, 0) is 4.84 Å². The van der Waals surface area contributed by atoms with Gasteiger partial charge in [0.1, 0.15) is 7.11 Å². The minimum atomic E-state index is 0.0118. The summed E-state index contributed by atoms with van der Waals surface area (Å²) in [4.78, 5) is 6.88. The third-order valence-corrected chi connectivity index (χ3v) is 0.627. The Hall–Kier alpha value is -1.49. The normalized spacial score (nSPS) is 10.3. The van der Waals surface area contributed by atoms with Gasteiger partial charge in [0.05, 0.1) is 6.54 Å². The first-order valence-electron chi connectivity index (χ1n) is 2.51. The van der Waals surface area contributed by atoms with Crippen LogP contribution in [0.4, 0.5) is 0 Å². The maximum Gasteiger partial charge on any atom is 0.199 e. The molecule has 0 N–H and O–H groups in total. The second kappa shape index (κ2) is 5.64. The first-order chi connectivity index (χ1) is 4.81. The van der Waals surface area contributed by atoms with Crippen LogP contribution in [0.15, 0.2) is 10.4 Å². The third-order valence-electron chi connectivity index (χ3n) is 0.627. The fourth-order valence-electron chi connectivity index (χ4n) is 0.307. The van der Waals surface area contributed by atoms with Crippen LogP contribution in [0.1, 0.15) is 0 Å². The second-order valence-electron chi connectivity index (χ2n) is 1.29. The Morgan fingerprint density at radius 3 is 3.00 bits per heavy atom. The van der Waals surface area contributed by atoms with Crippen LogP contribution in [0.2, 0.25) is 0 Å². The summed E-state index contributed by atoms with van der Waals surface area (Å²) >= 11 is 0. The zero-order valence-corrected chi connectivity index (χ0v) is 5.47. The van der Waals surface area contributed by atoms with Crippen molar-refractivity contribution in [2.75, 3.05) is 20.2 Å². The molecule has 0 bridgehead atoms. The molecule has 0 heterocycles. The average Bonchev–Trinajstić information content (AvgIpc) is 1.89. The summed E-state index contributed by atoms with van der Waals surface area (Å²) in [7, 11) is 1.26. The molecule has 0 aromatic carbocycles. The fraction of sp³-hybridized carbons (Fsp3) is 1.00. The van der Waals surface area contributed by atoms with Crippen molar-refractivity contribution in [1.82, 2.24) is 0 Å². The minimum Gasteiger partial charge on any atom is -0.597 e. The van der Waals surface area contributed by atoms with Gasteiger partial charge in [-0.3, -0.25) is 0 Å². The van der Waals surface area contributed by atoms with E-state index in [1.165, 1.54) is 7.11 Å². The van der Waals surface area contributed by atoms with Crippen molar-refractivity contribution < 1.29 is 9.70 Å². The molecule has 0 radical (unpaired) electrons. The van der Waals surface area contributed by atoms with Crippen LogP contribution in [0.25, 0.3) is 10.4 Å². The molecule has 0 amide bonds. The van der Waals surface area contributed by atoms with Crippen LogP contribution >= 0.6 is 0 Å². The molecule has 0 aliphatic rings. The van der Waals surface area contributed by atoms with Crippen LogP contribution in [-0.4, -0.2) is 25.1 Å². The van der Waals surface area contributed by atoms with Gasteiger partial charge < -0.3 is 10.0 Å². The monoisotopic (exact) mass is 145 g/mol. The summed E-state index contributed by atoms with van der Waals surface area (Å²) in [6.45, 7) is 0.102. The predicted octanol–water partition coefficient (Wildman–Crippen LogP) is 0.821. The zero-order chi connectivity index (χ0) is 7.82. The van der Waals surface area contributed by atoms with E-state index < -0.39 is 0 Å². The highest BCUT2D eigenvalue weighted by molar-refractivity contribution is 4.41. The Morgan fingerprint density at radius 1 is 1.80 bits per heavy atom. The van der Waals surface area contributed by atoms with Crippen LogP contribution < -0.4 is 0 Å².